The van der Waals surface area contributed by atoms with Crippen molar-refractivity contribution in [3.05, 3.63) is 18.2 Å². The van der Waals surface area contributed by atoms with Crippen molar-refractivity contribution in [1.82, 2.24) is 0 Å². The first-order chi connectivity index (χ1) is 7.70. The van der Waals surface area contributed by atoms with Gasteiger partial charge in [-0.2, -0.15) is 0 Å². The molecule has 1 aromatic carbocycles. The SMILES string of the molecule is COC1CCN(c2ccc(O)cc2N)CC1. The van der Waals surface area contributed by atoms with Gasteiger partial charge in [0.15, 0.2) is 0 Å². The van der Waals surface area contributed by atoms with E-state index in [-0.39, 0.29) is 5.75 Å². The summed E-state index contributed by atoms with van der Waals surface area (Å²) in [7, 11) is 1.76. The summed E-state index contributed by atoms with van der Waals surface area (Å²) in [6, 6.07) is 5.14. The quantitative estimate of drug-likeness (QED) is 0.746. The molecule has 0 aromatic heterocycles. The first kappa shape index (κ1) is 11.1. The number of methoxy groups -OCH3 is 1. The van der Waals surface area contributed by atoms with E-state index in [1.807, 2.05) is 6.07 Å². The number of piperidine rings is 1. The van der Waals surface area contributed by atoms with Crippen LogP contribution in [0.2, 0.25) is 0 Å². The molecule has 0 bridgehead atoms. The third kappa shape index (κ3) is 2.22. The van der Waals surface area contributed by atoms with Crippen LogP contribution < -0.4 is 10.6 Å². The van der Waals surface area contributed by atoms with E-state index in [0.29, 0.717) is 11.8 Å². The third-order valence-corrected chi connectivity index (χ3v) is 3.13. The van der Waals surface area contributed by atoms with Gasteiger partial charge in [0.2, 0.25) is 0 Å². The molecule has 88 valence electrons. The van der Waals surface area contributed by atoms with Gasteiger partial charge >= 0.3 is 0 Å². The molecule has 0 spiro atoms. The topological polar surface area (TPSA) is 58.7 Å². The highest BCUT2D eigenvalue weighted by Gasteiger charge is 2.20. The van der Waals surface area contributed by atoms with Crippen LogP contribution in [0, 0.1) is 0 Å². The van der Waals surface area contributed by atoms with Crippen LogP contribution >= 0.6 is 0 Å². The van der Waals surface area contributed by atoms with Crippen LogP contribution in [0.5, 0.6) is 5.75 Å². The maximum absolute atomic E-state index is 9.30. The fraction of sp³-hybridized carbons (Fsp3) is 0.500. The average Bonchev–Trinajstić information content (AvgIpc) is 2.29. The van der Waals surface area contributed by atoms with Gasteiger partial charge in [-0.25, -0.2) is 0 Å². The summed E-state index contributed by atoms with van der Waals surface area (Å²) in [4.78, 5) is 2.24. The normalized spacial score (nSPS) is 17.7. The molecule has 1 aliphatic heterocycles. The van der Waals surface area contributed by atoms with Crippen LogP contribution in [-0.4, -0.2) is 31.4 Å². The van der Waals surface area contributed by atoms with E-state index >= 15 is 0 Å². The van der Waals surface area contributed by atoms with Crippen molar-refractivity contribution < 1.29 is 9.84 Å². The Morgan fingerprint density at radius 3 is 2.62 bits per heavy atom. The van der Waals surface area contributed by atoms with E-state index in [0.717, 1.165) is 31.6 Å². The van der Waals surface area contributed by atoms with Crippen molar-refractivity contribution in [2.45, 2.75) is 18.9 Å². The molecule has 1 aliphatic rings. The van der Waals surface area contributed by atoms with Gasteiger partial charge in [-0.1, -0.05) is 0 Å². The Balaban J connectivity index is 2.08. The van der Waals surface area contributed by atoms with Gasteiger partial charge in [-0.15, -0.1) is 0 Å². The molecule has 4 nitrogen and oxygen atoms in total. The Morgan fingerprint density at radius 2 is 2.06 bits per heavy atom. The van der Waals surface area contributed by atoms with Crippen LogP contribution in [0.15, 0.2) is 18.2 Å². The molecule has 2 rings (SSSR count). The first-order valence-electron chi connectivity index (χ1n) is 5.57. The second kappa shape index (κ2) is 4.61. The molecule has 0 saturated carbocycles. The van der Waals surface area contributed by atoms with Crippen LogP contribution in [0.3, 0.4) is 0 Å². The third-order valence-electron chi connectivity index (χ3n) is 3.13. The van der Waals surface area contributed by atoms with Gasteiger partial charge in [-0.05, 0) is 25.0 Å². The van der Waals surface area contributed by atoms with Gasteiger partial charge in [0, 0.05) is 26.3 Å². The number of ether oxygens (including phenoxy) is 1. The number of phenolic OH excluding ortho intramolecular Hbond substituents is 1. The highest BCUT2D eigenvalue weighted by atomic mass is 16.5. The second-order valence-electron chi connectivity index (χ2n) is 4.17. The van der Waals surface area contributed by atoms with Crippen molar-refractivity contribution in [2.75, 3.05) is 30.8 Å². The number of anilines is 2. The lowest BCUT2D eigenvalue weighted by atomic mass is 10.1. The van der Waals surface area contributed by atoms with Crippen LogP contribution in [0.25, 0.3) is 0 Å². The summed E-state index contributed by atoms with van der Waals surface area (Å²) in [5.41, 5.74) is 7.53. The van der Waals surface area contributed by atoms with Crippen LogP contribution in [0.4, 0.5) is 11.4 Å². The average molecular weight is 222 g/mol. The van der Waals surface area contributed by atoms with E-state index in [1.165, 1.54) is 0 Å². The summed E-state index contributed by atoms with van der Waals surface area (Å²) in [6.45, 7) is 1.90. The summed E-state index contributed by atoms with van der Waals surface area (Å²) in [5.74, 6) is 0.216. The molecular formula is C12H18N2O2. The minimum Gasteiger partial charge on any atom is -0.508 e. The lowest BCUT2D eigenvalue weighted by molar-refractivity contribution is 0.0819. The molecule has 1 fully saturated rings. The minimum absolute atomic E-state index is 0.216. The summed E-state index contributed by atoms with van der Waals surface area (Å²) >= 11 is 0. The molecule has 1 saturated heterocycles. The fourth-order valence-corrected chi connectivity index (χ4v) is 2.16. The maximum atomic E-state index is 9.30. The Labute approximate surface area is 95.6 Å². The lowest BCUT2D eigenvalue weighted by Crippen LogP contribution is -2.36. The Morgan fingerprint density at radius 1 is 1.38 bits per heavy atom. The Hall–Kier alpha value is -1.42. The summed E-state index contributed by atoms with van der Waals surface area (Å²) in [5, 5.41) is 9.30. The zero-order valence-corrected chi connectivity index (χ0v) is 9.52. The number of hydrogen-bond donors (Lipinski definition) is 2. The number of nitrogens with zero attached hydrogens (tertiary/aromatic N) is 1. The van der Waals surface area contributed by atoms with E-state index < -0.39 is 0 Å². The van der Waals surface area contributed by atoms with E-state index in [9.17, 15) is 5.11 Å². The number of hydrogen-bond acceptors (Lipinski definition) is 4. The molecule has 0 aliphatic carbocycles. The predicted molar refractivity (Wildman–Crippen MR) is 64.8 cm³/mol. The summed E-state index contributed by atoms with van der Waals surface area (Å²) < 4.78 is 5.33. The number of phenols is 1. The molecule has 0 amide bonds. The van der Waals surface area contributed by atoms with Gasteiger partial charge in [0.1, 0.15) is 5.75 Å². The van der Waals surface area contributed by atoms with Gasteiger partial charge < -0.3 is 20.5 Å². The minimum atomic E-state index is 0.216. The second-order valence-corrected chi connectivity index (χ2v) is 4.17. The van der Waals surface area contributed by atoms with Crippen molar-refractivity contribution >= 4 is 11.4 Å². The number of aromatic hydroxyl groups is 1. The molecule has 16 heavy (non-hydrogen) atoms. The van der Waals surface area contributed by atoms with Crippen molar-refractivity contribution in [1.29, 1.82) is 0 Å². The van der Waals surface area contributed by atoms with Crippen LogP contribution in [0.1, 0.15) is 12.8 Å². The molecule has 0 radical (unpaired) electrons. The monoisotopic (exact) mass is 222 g/mol. The van der Waals surface area contributed by atoms with Gasteiger partial charge in [0.05, 0.1) is 17.5 Å². The molecule has 4 heteroatoms. The number of nitrogens with two attached hydrogens (primary N) is 1. The smallest absolute Gasteiger partial charge is 0.117 e. The van der Waals surface area contributed by atoms with Gasteiger partial charge in [0.25, 0.3) is 0 Å². The number of rotatable bonds is 2. The molecule has 3 N–H and O–H groups in total. The molecule has 1 heterocycles. The zero-order valence-electron chi connectivity index (χ0n) is 9.52. The fourth-order valence-electron chi connectivity index (χ4n) is 2.16. The van der Waals surface area contributed by atoms with Crippen molar-refractivity contribution in [2.24, 2.45) is 0 Å². The van der Waals surface area contributed by atoms with Crippen molar-refractivity contribution in [3.8, 4) is 5.75 Å². The number of benzene rings is 1. The largest absolute Gasteiger partial charge is 0.508 e. The summed E-state index contributed by atoms with van der Waals surface area (Å²) in [6.07, 6.45) is 2.42. The standard InChI is InChI=1S/C12H18N2O2/c1-16-10-4-6-14(7-5-10)12-3-2-9(15)8-11(12)13/h2-3,8,10,15H,4-7,13H2,1H3. The number of nitrogen functional groups attached to an aromatic ring is 1. The highest BCUT2D eigenvalue weighted by molar-refractivity contribution is 5.69. The molecular weight excluding hydrogens is 204 g/mol. The highest BCUT2D eigenvalue weighted by Crippen LogP contribution is 2.29. The maximum Gasteiger partial charge on any atom is 0.117 e. The van der Waals surface area contributed by atoms with E-state index in [1.54, 1.807) is 19.2 Å². The van der Waals surface area contributed by atoms with Crippen LogP contribution in [-0.2, 0) is 4.74 Å². The van der Waals surface area contributed by atoms with E-state index in [4.69, 9.17) is 10.5 Å². The molecule has 1 aromatic rings. The van der Waals surface area contributed by atoms with Gasteiger partial charge in [-0.3, -0.25) is 0 Å². The first-order valence-corrected chi connectivity index (χ1v) is 5.57. The lowest BCUT2D eigenvalue weighted by Gasteiger charge is -2.33. The molecule has 0 atom stereocenters. The molecule has 0 unspecified atom stereocenters. The Bertz CT molecular complexity index is 360. The Kier molecular flexibility index (Phi) is 3.19. The van der Waals surface area contributed by atoms with Crippen molar-refractivity contribution in [3.63, 3.8) is 0 Å². The predicted octanol–water partition coefficient (Wildman–Crippen LogP) is 1.59. The van der Waals surface area contributed by atoms with E-state index in [2.05, 4.69) is 4.90 Å². The zero-order chi connectivity index (χ0) is 11.5.